The molecule has 1 rings (SSSR count). The predicted octanol–water partition coefficient (Wildman–Crippen LogP) is 4.89. The number of carboxylic acids is 1. The van der Waals surface area contributed by atoms with Crippen molar-refractivity contribution in [1.82, 2.24) is 10.2 Å². The van der Waals surface area contributed by atoms with E-state index in [1.807, 2.05) is 19.0 Å². The van der Waals surface area contributed by atoms with Crippen LogP contribution in [0.3, 0.4) is 0 Å². The summed E-state index contributed by atoms with van der Waals surface area (Å²) >= 11 is 0. The number of carboxylic acid groups (broad SMARTS) is 1. The molecule has 0 aliphatic heterocycles. The van der Waals surface area contributed by atoms with E-state index in [0.29, 0.717) is 13.0 Å². The quantitative estimate of drug-likeness (QED) is 0.378. The third-order valence-electron chi connectivity index (χ3n) is 5.02. The zero-order valence-electron chi connectivity index (χ0n) is 18.5. The molecule has 0 heterocycles. The lowest BCUT2D eigenvalue weighted by molar-refractivity contribution is -0.138. The number of carbonyl (C=O) groups is 2. The maximum absolute atomic E-state index is 12.5. The van der Waals surface area contributed by atoms with Crippen LogP contribution in [-0.4, -0.2) is 48.6 Å². The average Bonchev–Trinajstić information content (AvgIpc) is 2.65. The Morgan fingerprint density at radius 1 is 0.968 bits per heavy atom. The van der Waals surface area contributed by atoms with Crippen molar-refractivity contribution in [1.29, 1.82) is 0 Å². The monoisotopic (exact) mass is 444 g/mol. The van der Waals surface area contributed by atoms with Crippen molar-refractivity contribution in [3.05, 3.63) is 35.4 Å². The van der Waals surface area contributed by atoms with Crippen LogP contribution in [0.25, 0.3) is 0 Å². The number of halogens is 3. The van der Waals surface area contributed by atoms with Crippen LogP contribution >= 0.6 is 0 Å². The highest BCUT2D eigenvalue weighted by atomic mass is 19.4. The van der Waals surface area contributed by atoms with E-state index in [0.717, 1.165) is 69.1 Å². The second-order valence-corrected chi connectivity index (χ2v) is 8.29. The Balaban J connectivity index is 2.08. The van der Waals surface area contributed by atoms with Crippen molar-refractivity contribution in [2.24, 2.45) is 0 Å². The summed E-state index contributed by atoms with van der Waals surface area (Å²) in [6.07, 6.45) is 3.68. The first-order valence-electron chi connectivity index (χ1n) is 10.9. The van der Waals surface area contributed by atoms with Gasteiger partial charge in [-0.2, -0.15) is 13.2 Å². The molecule has 1 aromatic rings. The fraction of sp³-hybridized carbons (Fsp3) is 0.652. The van der Waals surface area contributed by atoms with Gasteiger partial charge in [0.15, 0.2) is 0 Å². The Labute approximate surface area is 183 Å². The third-order valence-corrected chi connectivity index (χ3v) is 5.02. The highest BCUT2D eigenvalue weighted by molar-refractivity contribution is 5.77. The van der Waals surface area contributed by atoms with E-state index in [2.05, 4.69) is 5.32 Å². The molecule has 0 aliphatic rings. The molecule has 1 aromatic carbocycles. The summed E-state index contributed by atoms with van der Waals surface area (Å²) < 4.78 is 37.6. The molecule has 1 unspecified atom stereocenters. The van der Waals surface area contributed by atoms with Gasteiger partial charge in [-0.1, -0.05) is 44.2 Å². The summed E-state index contributed by atoms with van der Waals surface area (Å²) in [5, 5.41) is 11.7. The number of aryl methyl sites for hydroxylation is 1. The van der Waals surface area contributed by atoms with Gasteiger partial charge in [0.05, 0.1) is 18.0 Å². The van der Waals surface area contributed by atoms with Gasteiger partial charge in [-0.3, -0.25) is 9.59 Å². The number of carbonyl (C=O) groups excluding carboxylic acids is 1. The fourth-order valence-electron chi connectivity index (χ4n) is 3.47. The van der Waals surface area contributed by atoms with Crippen LogP contribution in [0, 0.1) is 0 Å². The van der Waals surface area contributed by atoms with Gasteiger partial charge >= 0.3 is 12.1 Å². The van der Waals surface area contributed by atoms with Crippen molar-refractivity contribution in [2.45, 2.75) is 76.4 Å². The number of benzene rings is 1. The summed E-state index contributed by atoms with van der Waals surface area (Å²) in [5.74, 6) is -1.03. The van der Waals surface area contributed by atoms with Gasteiger partial charge in [-0.25, -0.2) is 0 Å². The molecule has 176 valence electrons. The molecule has 1 amide bonds. The average molecular weight is 445 g/mol. The number of nitrogens with one attached hydrogen (secondary N) is 1. The molecule has 2 N–H and O–H groups in total. The number of amides is 1. The molecular weight excluding hydrogens is 409 g/mol. The van der Waals surface area contributed by atoms with Crippen LogP contribution in [0.1, 0.15) is 68.9 Å². The summed E-state index contributed by atoms with van der Waals surface area (Å²) in [5.41, 5.74) is 0.314. The van der Waals surface area contributed by atoms with Crippen LogP contribution < -0.4 is 5.32 Å². The van der Waals surface area contributed by atoms with E-state index in [1.54, 1.807) is 12.1 Å². The fourth-order valence-corrected chi connectivity index (χ4v) is 3.47. The van der Waals surface area contributed by atoms with Gasteiger partial charge < -0.3 is 15.3 Å². The maximum atomic E-state index is 12.5. The summed E-state index contributed by atoms with van der Waals surface area (Å²) in [6, 6.07) is 4.98. The normalized spacial score (nSPS) is 12.7. The number of rotatable bonds is 15. The second kappa shape index (κ2) is 14.1. The largest absolute Gasteiger partial charge is 0.481 e. The van der Waals surface area contributed by atoms with E-state index >= 15 is 0 Å². The van der Waals surface area contributed by atoms with Gasteiger partial charge in [0.2, 0.25) is 5.91 Å². The zero-order chi connectivity index (χ0) is 23.3. The van der Waals surface area contributed by atoms with Crippen LogP contribution in [0.15, 0.2) is 24.3 Å². The van der Waals surface area contributed by atoms with Crippen molar-refractivity contribution in [3.8, 4) is 0 Å². The minimum Gasteiger partial charge on any atom is -0.481 e. The number of nitrogens with zero attached hydrogens (tertiary/aromatic N) is 1. The van der Waals surface area contributed by atoms with Crippen LogP contribution in [0.5, 0.6) is 0 Å². The topological polar surface area (TPSA) is 69.6 Å². The van der Waals surface area contributed by atoms with E-state index in [9.17, 15) is 22.8 Å². The molecule has 5 nitrogen and oxygen atoms in total. The van der Waals surface area contributed by atoms with Crippen molar-refractivity contribution in [2.75, 3.05) is 20.6 Å². The molecule has 0 radical (unpaired) electrons. The van der Waals surface area contributed by atoms with E-state index in [1.165, 1.54) is 0 Å². The van der Waals surface area contributed by atoms with Crippen LogP contribution in [0.2, 0.25) is 0 Å². The number of hydrogen-bond acceptors (Lipinski definition) is 3. The van der Waals surface area contributed by atoms with E-state index in [-0.39, 0.29) is 18.4 Å². The number of unbranched alkanes of at least 4 members (excludes halogenated alkanes) is 6. The Kier molecular flexibility index (Phi) is 12.2. The Hall–Kier alpha value is -2.09. The zero-order valence-corrected chi connectivity index (χ0v) is 18.5. The molecule has 0 fully saturated rings. The Morgan fingerprint density at radius 3 is 2.03 bits per heavy atom. The highest BCUT2D eigenvalue weighted by Gasteiger charge is 2.29. The molecule has 1 atom stereocenters. The third kappa shape index (κ3) is 13.0. The Morgan fingerprint density at radius 2 is 1.52 bits per heavy atom. The number of aliphatic carboxylic acids is 1. The van der Waals surface area contributed by atoms with Gasteiger partial charge in [-0.15, -0.1) is 0 Å². The molecular formula is C23H35F3N2O3. The molecule has 0 saturated carbocycles. The minimum absolute atomic E-state index is 0.0869. The van der Waals surface area contributed by atoms with Gasteiger partial charge in [-0.05, 0) is 51.1 Å². The highest BCUT2D eigenvalue weighted by Crippen LogP contribution is 2.29. The summed E-state index contributed by atoms with van der Waals surface area (Å²) in [6.45, 7) is 0.491. The predicted molar refractivity (Wildman–Crippen MR) is 115 cm³/mol. The van der Waals surface area contributed by atoms with Crippen LogP contribution in [-0.2, 0) is 22.2 Å². The van der Waals surface area contributed by atoms with E-state index < -0.39 is 17.7 Å². The number of likely N-dealkylation sites (N-methyl/N-ethyl adjacent to an activating group) is 1. The van der Waals surface area contributed by atoms with Gasteiger partial charge in [0.25, 0.3) is 0 Å². The first-order chi connectivity index (χ1) is 14.6. The lowest BCUT2D eigenvalue weighted by Gasteiger charge is -2.20. The Bertz CT molecular complexity index is 661. The molecule has 8 heteroatoms. The summed E-state index contributed by atoms with van der Waals surface area (Å²) in [4.78, 5) is 24.8. The first kappa shape index (κ1) is 26.9. The number of hydrogen-bond donors (Lipinski definition) is 2. The van der Waals surface area contributed by atoms with Crippen LogP contribution in [0.4, 0.5) is 13.2 Å². The maximum Gasteiger partial charge on any atom is 0.416 e. The summed E-state index contributed by atoms with van der Waals surface area (Å²) in [7, 11) is 3.68. The minimum atomic E-state index is -4.29. The first-order valence-corrected chi connectivity index (χ1v) is 10.9. The van der Waals surface area contributed by atoms with Crippen molar-refractivity contribution < 1.29 is 27.9 Å². The molecule has 0 aromatic heterocycles. The van der Waals surface area contributed by atoms with Crippen molar-refractivity contribution >= 4 is 11.9 Å². The SMILES string of the molecule is CN(C)CC(CC(=O)O)NC(=O)CCCCCCCCCc1ccc(C(F)(F)F)cc1. The van der Waals surface area contributed by atoms with E-state index in [4.69, 9.17) is 5.11 Å². The molecule has 0 spiro atoms. The lowest BCUT2D eigenvalue weighted by Crippen LogP contribution is -2.42. The lowest BCUT2D eigenvalue weighted by atomic mass is 10.0. The standard InChI is InChI=1S/C23H35F3N2O3/c1-28(2)17-20(16-22(30)31)27-21(29)11-9-7-5-3-4-6-8-10-18-12-14-19(15-13-18)23(24,25)26/h12-15,20H,3-11,16-17H2,1-2H3,(H,27,29)(H,30,31). The van der Waals surface area contributed by atoms with Gasteiger partial charge in [0, 0.05) is 13.0 Å². The van der Waals surface area contributed by atoms with Crippen molar-refractivity contribution in [3.63, 3.8) is 0 Å². The van der Waals surface area contributed by atoms with Gasteiger partial charge in [0.1, 0.15) is 0 Å². The second-order valence-electron chi connectivity index (χ2n) is 8.29. The number of alkyl halides is 3. The molecule has 0 saturated heterocycles. The molecule has 0 bridgehead atoms. The smallest absolute Gasteiger partial charge is 0.416 e. The molecule has 0 aliphatic carbocycles. The molecule has 31 heavy (non-hydrogen) atoms.